The van der Waals surface area contributed by atoms with E-state index in [0.717, 1.165) is 12.8 Å². The summed E-state index contributed by atoms with van der Waals surface area (Å²) in [7, 11) is -1.70. The zero-order valence-electron chi connectivity index (χ0n) is 16.6. The van der Waals surface area contributed by atoms with Gasteiger partial charge in [0, 0.05) is 32.1 Å². The largest absolute Gasteiger partial charge is 0.360 e. The Bertz CT molecular complexity index is 738. The first-order chi connectivity index (χ1) is 12.8. The summed E-state index contributed by atoms with van der Waals surface area (Å²) in [5.41, 5.74) is 0.388. The quantitative estimate of drug-likeness (QED) is 0.730. The fourth-order valence-corrected chi connectivity index (χ4v) is 6.19. The molecule has 1 aliphatic carbocycles. The van der Waals surface area contributed by atoms with Crippen molar-refractivity contribution in [1.82, 2.24) is 14.4 Å². The molecule has 1 saturated carbocycles. The Labute approximate surface area is 162 Å². The molecule has 1 amide bonds. The van der Waals surface area contributed by atoms with Gasteiger partial charge in [0.2, 0.25) is 15.9 Å². The van der Waals surface area contributed by atoms with Crippen LogP contribution in [0.3, 0.4) is 0 Å². The van der Waals surface area contributed by atoms with Crippen molar-refractivity contribution in [2.45, 2.75) is 76.2 Å². The lowest BCUT2D eigenvalue weighted by Gasteiger charge is -2.35. The van der Waals surface area contributed by atoms with Gasteiger partial charge in [-0.05, 0) is 39.5 Å². The predicted molar refractivity (Wildman–Crippen MR) is 102 cm³/mol. The molecule has 0 spiro atoms. The Morgan fingerprint density at radius 3 is 2.19 bits per heavy atom. The van der Waals surface area contributed by atoms with E-state index in [1.165, 1.54) is 30.0 Å². The van der Waals surface area contributed by atoms with E-state index in [-0.39, 0.29) is 16.7 Å². The molecule has 0 radical (unpaired) electrons. The zero-order valence-corrected chi connectivity index (χ0v) is 17.4. The monoisotopic (exact) mass is 397 g/mol. The van der Waals surface area contributed by atoms with Crippen LogP contribution >= 0.6 is 0 Å². The van der Waals surface area contributed by atoms with Crippen LogP contribution in [0.2, 0.25) is 0 Å². The van der Waals surface area contributed by atoms with Gasteiger partial charge in [-0.25, -0.2) is 8.42 Å². The smallest absolute Gasteiger partial charge is 0.248 e. The number of nitrogens with zero attached hydrogens (tertiary/aromatic N) is 3. The number of aromatic nitrogens is 1. The van der Waals surface area contributed by atoms with E-state index in [0.29, 0.717) is 43.4 Å². The molecule has 0 bridgehead atoms. The van der Waals surface area contributed by atoms with Gasteiger partial charge >= 0.3 is 0 Å². The second-order valence-corrected chi connectivity index (χ2v) is 9.80. The zero-order chi connectivity index (χ0) is 19.6. The molecule has 7 nitrogen and oxygen atoms in total. The summed E-state index contributed by atoms with van der Waals surface area (Å²) in [5.74, 6) is 0.407. The van der Waals surface area contributed by atoms with Gasteiger partial charge in [0.25, 0.3) is 0 Å². The SMILES string of the molecule is Cc1noc(C)c1S(=O)(=O)N1CCC(C(=O)N(C)C2CCCCCC2)CC1. The van der Waals surface area contributed by atoms with Crippen molar-refractivity contribution in [1.29, 1.82) is 0 Å². The van der Waals surface area contributed by atoms with Gasteiger partial charge in [-0.1, -0.05) is 30.8 Å². The van der Waals surface area contributed by atoms with Gasteiger partial charge < -0.3 is 9.42 Å². The molecular weight excluding hydrogens is 366 g/mol. The minimum absolute atomic E-state index is 0.0885. The third-order valence-electron chi connectivity index (χ3n) is 6.09. The highest BCUT2D eigenvalue weighted by Gasteiger charge is 2.36. The highest BCUT2D eigenvalue weighted by Crippen LogP contribution is 2.29. The summed E-state index contributed by atoms with van der Waals surface area (Å²) >= 11 is 0. The lowest BCUT2D eigenvalue weighted by atomic mass is 9.95. The van der Waals surface area contributed by atoms with Crippen molar-refractivity contribution in [2.75, 3.05) is 20.1 Å². The van der Waals surface area contributed by atoms with Crippen LogP contribution in [0, 0.1) is 19.8 Å². The molecule has 0 aromatic carbocycles. The second-order valence-electron chi connectivity index (χ2n) is 7.93. The number of carbonyl (C=O) groups excluding carboxylic acids is 1. The Kier molecular flexibility index (Phi) is 6.25. The van der Waals surface area contributed by atoms with E-state index < -0.39 is 10.0 Å². The summed E-state index contributed by atoms with van der Waals surface area (Å²) in [6.07, 6.45) is 8.21. The van der Waals surface area contributed by atoms with Crippen LogP contribution in [0.15, 0.2) is 9.42 Å². The van der Waals surface area contributed by atoms with Crippen molar-refractivity contribution >= 4 is 15.9 Å². The van der Waals surface area contributed by atoms with Crippen LogP contribution in [-0.4, -0.2) is 54.9 Å². The van der Waals surface area contributed by atoms with Gasteiger partial charge in [0.05, 0.1) is 0 Å². The summed E-state index contributed by atoms with van der Waals surface area (Å²) < 4.78 is 32.3. The average Bonchev–Trinajstić information content (AvgIpc) is 2.86. The lowest BCUT2D eigenvalue weighted by Crippen LogP contribution is -2.46. The van der Waals surface area contributed by atoms with Crippen LogP contribution in [0.4, 0.5) is 0 Å². The second kappa shape index (κ2) is 8.31. The number of piperidine rings is 1. The Morgan fingerprint density at radius 2 is 1.67 bits per heavy atom. The summed E-state index contributed by atoms with van der Waals surface area (Å²) in [5, 5.41) is 3.76. The molecule has 0 atom stereocenters. The highest BCUT2D eigenvalue weighted by atomic mass is 32.2. The first-order valence-electron chi connectivity index (χ1n) is 10.0. The van der Waals surface area contributed by atoms with E-state index in [1.807, 2.05) is 11.9 Å². The van der Waals surface area contributed by atoms with E-state index in [9.17, 15) is 13.2 Å². The Hall–Kier alpha value is -1.41. The van der Waals surface area contributed by atoms with Crippen LogP contribution in [-0.2, 0) is 14.8 Å². The maximum atomic E-state index is 12.9. The minimum atomic E-state index is -3.62. The predicted octanol–water partition coefficient (Wildman–Crippen LogP) is 2.87. The van der Waals surface area contributed by atoms with Crippen molar-refractivity contribution in [3.05, 3.63) is 11.5 Å². The molecule has 0 N–H and O–H groups in total. The third kappa shape index (κ3) is 4.21. The molecule has 1 aromatic rings. The molecule has 152 valence electrons. The van der Waals surface area contributed by atoms with Crippen LogP contribution < -0.4 is 0 Å². The molecule has 1 aromatic heterocycles. The van der Waals surface area contributed by atoms with Crippen molar-refractivity contribution in [3.63, 3.8) is 0 Å². The van der Waals surface area contributed by atoms with E-state index in [1.54, 1.807) is 13.8 Å². The molecule has 2 fully saturated rings. The number of rotatable bonds is 4. The number of aryl methyl sites for hydroxylation is 2. The van der Waals surface area contributed by atoms with Crippen LogP contribution in [0.5, 0.6) is 0 Å². The summed E-state index contributed by atoms with van der Waals surface area (Å²) in [6.45, 7) is 3.98. The minimum Gasteiger partial charge on any atom is -0.360 e. The Balaban J connectivity index is 1.62. The lowest BCUT2D eigenvalue weighted by molar-refractivity contribution is -0.137. The van der Waals surface area contributed by atoms with Gasteiger partial charge in [0.1, 0.15) is 10.6 Å². The number of amides is 1. The normalized spacial score (nSPS) is 21.1. The molecule has 27 heavy (non-hydrogen) atoms. The maximum absolute atomic E-state index is 12.9. The summed E-state index contributed by atoms with van der Waals surface area (Å²) in [6, 6.07) is 0.337. The number of hydrogen-bond acceptors (Lipinski definition) is 5. The fourth-order valence-electron chi connectivity index (χ4n) is 4.43. The van der Waals surface area contributed by atoms with Crippen molar-refractivity contribution in [3.8, 4) is 0 Å². The van der Waals surface area contributed by atoms with Crippen molar-refractivity contribution < 1.29 is 17.7 Å². The van der Waals surface area contributed by atoms with Gasteiger partial charge in [-0.2, -0.15) is 4.31 Å². The van der Waals surface area contributed by atoms with Crippen molar-refractivity contribution in [2.24, 2.45) is 5.92 Å². The fraction of sp³-hybridized carbons (Fsp3) is 0.789. The van der Waals surface area contributed by atoms with Crippen LogP contribution in [0.25, 0.3) is 0 Å². The van der Waals surface area contributed by atoms with Crippen LogP contribution in [0.1, 0.15) is 62.8 Å². The first kappa shape index (κ1) is 20.3. The highest BCUT2D eigenvalue weighted by molar-refractivity contribution is 7.89. The van der Waals surface area contributed by atoms with E-state index in [4.69, 9.17) is 4.52 Å². The molecule has 8 heteroatoms. The van der Waals surface area contributed by atoms with Gasteiger partial charge in [-0.15, -0.1) is 0 Å². The average molecular weight is 398 g/mol. The molecular formula is C19H31N3O4S. The standard InChI is InChI=1S/C19H31N3O4S/c1-14-18(15(2)26-20-14)27(24,25)22-12-10-16(11-13-22)19(23)21(3)17-8-6-4-5-7-9-17/h16-17H,4-13H2,1-3H3. The molecule has 1 aliphatic heterocycles. The van der Waals surface area contributed by atoms with E-state index in [2.05, 4.69) is 5.16 Å². The number of hydrogen-bond donors (Lipinski definition) is 0. The molecule has 0 unspecified atom stereocenters. The third-order valence-corrected chi connectivity index (χ3v) is 8.23. The number of carbonyl (C=O) groups is 1. The van der Waals surface area contributed by atoms with Gasteiger partial charge in [0.15, 0.2) is 5.76 Å². The molecule has 2 aliphatic rings. The maximum Gasteiger partial charge on any atom is 0.248 e. The number of sulfonamides is 1. The van der Waals surface area contributed by atoms with E-state index >= 15 is 0 Å². The Morgan fingerprint density at radius 1 is 1.07 bits per heavy atom. The van der Waals surface area contributed by atoms with Gasteiger partial charge in [-0.3, -0.25) is 4.79 Å². The molecule has 2 heterocycles. The summed E-state index contributed by atoms with van der Waals surface area (Å²) in [4.78, 5) is 15.0. The molecule has 1 saturated heterocycles. The topological polar surface area (TPSA) is 83.7 Å². The first-order valence-corrected chi connectivity index (χ1v) is 11.5. The molecule has 3 rings (SSSR count).